The molecule has 0 radical (unpaired) electrons. The first kappa shape index (κ1) is 19.7. The highest BCUT2D eigenvalue weighted by molar-refractivity contribution is 9.10. The van der Waals surface area contributed by atoms with Gasteiger partial charge in [0.25, 0.3) is 0 Å². The smallest absolute Gasteiger partial charge is 0.175 e. The van der Waals surface area contributed by atoms with E-state index in [9.17, 15) is 4.39 Å². The maximum Gasteiger partial charge on any atom is 0.175 e. The highest BCUT2D eigenvalue weighted by Gasteiger charge is 2.12. The predicted molar refractivity (Wildman–Crippen MR) is 96.1 cm³/mol. The van der Waals surface area contributed by atoms with Gasteiger partial charge in [-0.3, -0.25) is 0 Å². The molecule has 0 fully saturated rings. The van der Waals surface area contributed by atoms with Crippen molar-refractivity contribution in [3.63, 3.8) is 0 Å². The normalized spacial score (nSPS) is 10.1. The first-order valence-corrected chi connectivity index (χ1v) is 7.88. The van der Waals surface area contributed by atoms with Crippen LogP contribution in [-0.4, -0.2) is 13.7 Å². The lowest BCUT2D eigenvalue weighted by Gasteiger charge is -2.15. The summed E-state index contributed by atoms with van der Waals surface area (Å²) in [6.45, 7) is 3.84. The maximum absolute atomic E-state index is 13.6. The van der Waals surface area contributed by atoms with Crippen LogP contribution in [0.15, 0.2) is 40.9 Å². The molecule has 2 rings (SSSR count). The molecule has 0 aliphatic rings. The number of ether oxygens (including phenoxy) is 2. The van der Waals surface area contributed by atoms with Crippen molar-refractivity contribution in [3.05, 3.63) is 57.8 Å². The third-order valence-electron chi connectivity index (χ3n) is 3.20. The molecule has 0 spiro atoms. The molecule has 6 heteroatoms. The third-order valence-corrected chi connectivity index (χ3v) is 3.79. The number of hydrogen-bond donors (Lipinski definition) is 1. The second-order valence-electron chi connectivity index (χ2n) is 4.77. The van der Waals surface area contributed by atoms with E-state index in [1.807, 2.05) is 12.1 Å². The Hall–Kier alpha value is -1.30. The zero-order valence-corrected chi connectivity index (χ0v) is 15.5. The lowest BCUT2D eigenvalue weighted by atomic mass is 10.2. The molecule has 0 unspecified atom stereocenters. The Morgan fingerprint density at radius 2 is 1.96 bits per heavy atom. The molecule has 0 saturated carbocycles. The highest BCUT2D eigenvalue weighted by Crippen LogP contribution is 2.37. The zero-order valence-electron chi connectivity index (χ0n) is 13.1. The first-order valence-electron chi connectivity index (χ1n) is 7.09. The molecule has 126 valence electrons. The molecule has 0 aliphatic carbocycles. The molecule has 1 N–H and O–H groups in total. The van der Waals surface area contributed by atoms with Crippen LogP contribution < -0.4 is 14.8 Å². The minimum absolute atomic E-state index is 0. The number of nitrogens with one attached hydrogen (secondary N) is 1. The molecule has 23 heavy (non-hydrogen) atoms. The summed E-state index contributed by atoms with van der Waals surface area (Å²) >= 11 is 3.50. The van der Waals surface area contributed by atoms with Crippen LogP contribution in [0.1, 0.15) is 18.1 Å². The summed E-state index contributed by atoms with van der Waals surface area (Å²) in [4.78, 5) is 0. The van der Waals surface area contributed by atoms with E-state index < -0.39 is 0 Å². The van der Waals surface area contributed by atoms with Crippen LogP contribution in [-0.2, 0) is 13.2 Å². The Bertz CT molecular complexity index is 640. The molecular formula is C17H20BrClFNO2. The average Bonchev–Trinajstić information content (AvgIpc) is 2.52. The molecule has 2 aromatic carbocycles. The fourth-order valence-corrected chi connectivity index (χ4v) is 2.65. The fourth-order valence-electron chi connectivity index (χ4n) is 2.05. The molecular weight excluding hydrogens is 385 g/mol. The van der Waals surface area contributed by atoms with Gasteiger partial charge in [-0.05, 0) is 46.2 Å². The van der Waals surface area contributed by atoms with Crippen molar-refractivity contribution in [1.29, 1.82) is 0 Å². The average molecular weight is 405 g/mol. The van der Waals surface area contributed by atoms with E-state index in [1.54, 1.807) is 25.3 Å². The number of methoxy groups -OCH3 is 1. The summed E-state index contributed by atoms with van der Waals surface area (Å²) < 4.78 is 25.6. The molecule has 0 aliphatic heterocycles. The summed E-state index contributed by atoms with van der Waals surface area (Å²) in [6, 6.07) is 10.5. The van der Waals surface area contributed by atoms with Gasteiger partial charge in [-0.1, -0.05) is 25.1 Å². The van der Waals surface area contributed by atoms with Crippen LogP contribution in [0.4, 0.5) is 4.39 Å². The van der Waals surface area contributed by atoms with Crippen LogP contribution >= 0.6 is 28.3 Å². The first-order chi connectivity index (χ1) is 10.7. The van der Waals surface area contributed by atoms with Gasteiger partial charge in [0.1, 0.15) is 12.4 Å². The van der Waals surface area contributed by atoms with Crippen LogP contribution in [0.25, 0.3) is 0 Å². The number of benzene rings is 2. The van der Waals surface area contributed by atoms with Crippen molar-refractivity contribution >= 4 is 28.3 Å². The van der Waals surface area contributed by atoms with Gasteiger partial charge in [-0.15, -0.1) is 12.4 Å². The number of hydrogen-bond acceptors (Lipinski definition) is 3. The second kappa shape index (κ2) is 9.75. The molecule has 0 heterocycles. The van der Waals surface area contributed by atoms with Gasteiger partial charge in [0.15, 0.2) is 11.5 Å². The minimum atomic E-state index is -0.277. The number of halogens is 3. The van der Waals surface area contributed by atoms with Gasteiger partial charge in [0.05, 0.1) is 11.6 Å². The SMILES string of the molecule is CCNCc1cc(Br)c(OCc2ccccc2F)c(OC)c1.Cl. The van der Waals surface area contributed by atoms with Gasteiger partial charge in [-0.2, -0.15) is 0 Å². The van der Waals surface area contributed by atoms with Crippen molar-refractivity contribution in [2.24, 2.45) is 0 Å². The Morgan fingerprint density at radius 1 is 1.22 bits per heavy atom. The van der Waals surface area contributed by atoms with Crippen molar-refractivity contribution in [2.75, 3.05) is 13.7 Å². The Morgan fingerprint density at radius 3 is 2.61 bits per heavy atom. The molecule has 0 aromatic heterocycles. The van der Waals surface area contributed by atoms with Gasteiger partial charge in [0.2, 0.25) is 0 Å². The molecule has 0 saturated heterocycles. The van der Waals surface area contributed by atoms with E-state index in [-0.39, 0.29) is 24.8 Å². The number of rotatable bonds is 7. The quantitative estimate of drug-likeness (QED) is 0.725. The fraction of sp³-hybridized carbons (Fsp3) is 0.294. The molecule has 2 aromatic rings. The Labute approximate surface area is 150 Å². The van der Waals surface area contributed by atoms with Gasteiger partial charge < -0.3 is 14.8 Å². The van der Waals surface area contributed by atoms with E-state index in [0.717, 1.165) is 23.1 Å². The zero-order chi connectivity index (χ0) is 15.9. The minimum Gasteiger partial charge on any atom is -0.493 e. The summed E-state index contributed by atoms with van der Waals surface area (Å²) in [5, 5.41) is 3.26. The molecule has 0 amide bonds. The maximum atomic E-state index is 13.6. The lowest BCUT2D eigenvalue weighted by molar-refractivity contribution is 0.277. The second-order valence-corrected chi connectivity index (χ2v) is 5.62. The summed E-state index contributed by atoms with van der Waals surface area (Å²) in [6.07, 6.45) is 0. The highest BCUT2D eigenvalue weighted by atomic mass is 79.9. The largest absolute Gasteiger partial charge is 0.493 e. The van der Waals surface area contributed by atoms with Crippen LogP contribution in [0, 0.1) is 5.82 Å². The topological polar surface area (TPSA) is 30.5 Å². The lowest BCUT2D eigenvalue weighted by Crippen LogP contribution is -2.12. The van der Waals surface area contributed by atoms with Gasteiger partial charge in [-0.25, -0.2) is 4.39 Å². The van der Waals surface area contributed by atoms with E-state index in [1.165, 1.54) is 6.07 Å². The van der Waals surface area contributed by atoms with Crippen molar-refractivity contribution in [1.82, 2.24) is 5.32 Å². The van der Waals surface area contributed by atoms with Crippen molar-refractivity contribution in [2.45, 2.75) is 20.1 Å². The summed E-state index contributed by atoms with van der Waals surface area (Å²) in [5.74, 6) is 0.922. The monoisotopic (exact) mass is 403 g/mol. The van der Waals surface area contributed by atoms with Gasteiger partial charge >= 0.3 is 0 Å². The van der Waals surface area contributed by atoms with Crippen LogP contribution in [0.5, 0.6) is 11.5 Å². The standard InChI is InChI=1S/C17H19BrFNO2.ClH/c1-3-20-10-12-8-14(18)17(16(9-12)21-2)22-11-13-6-4-5-7-15(13)19;/h4-9,20H,3,10-11H2,1-2H3;1H. The Balaban J connectivity index is 0.00000264. The van der Waals surface area contributed by atoms with E-state index in [2.05, 4.69) is 28.2 Å². The summed E-state index contributed by atoms with van der Waals surface area (Å²) in [7, 11) is 1.59. The Kier molecular flexibility index (Phi) is 8.37. The molecule has 3 nitrogen and oxygen atoms in total. The van der Waals surface area contributed by atoms with Gasteiger partial charge in [0, 0.05) is 12.1 Å². The van der Waals surface area contributed by atoms with E-state index >= 15 is 0 Å². The van der Waals surface area contributed by atoms with Crippen LogP contribution in [0.2, 0.25) is 0 Å². The van der Waals surface area contributed by atoms with E-state index in [0.29, 0.717) is 17.1 Å². The third kappa shape index (κ3) is 5.37. The van der Waals surface area contributed by atoms with Crippen LogP contribution in [0.3, 0.4) is 0 Å². The molecule has 0 bridgehead atoms. The van der Waals surface area contributed by atoms with E-state index in [4.69, 9.17) is 9.47 Å². The van der Waals surface area contributed by atoms with Crippen molar-refractivity contribution < 1.29 is 13.9 Å². The summed E-state index contributed by atoms with van der Waals surface area (Å²) in [5.41, 5.74) is 1.59. The molecule has 0 atom stereocenters. The van der Waals surface area contributed by atoms with Crippen molar-refractivity contribution in [3.8, 4) is 11.5 Å². The predicted octanol–water partition coefficient (Wildman–Crippen LogP) is 4.71.